The molecular weight excluding hydrogens is 218 g/mol. The number of para-hydroxylation sites is 1. The van der Waals surface area contributed by atoms with Gasteiger partial charge in [0.25, 0.3) is 5.69 Å². The minimum Gasteiger partial charge on any atom is -0.369 e. The maximum atomic E-state index is 10.9. The fourth-order valence-electron chi connectivity index (χ4n) is 1.99. The smallest absolute Gasteiger partial charge is 0.275 e. The molecule has 0 amide bonds. The van der Waals surface area contributed by atoms with Gasteiger partial charge in [0.2, 0.25) is 0 Å². The second kappa shape index (κ2) is 4.67. The molecule has 4 nitrogen and oxygen atoms in total. The van der Waals surface area contributed by atoms with Gasteiger partial charge in [-0.1, -0.05) is 17.7 Å². The van der Waals surface area contributed by atoms with Crippen LogP contribution >= 0.6 is 0 Å². The van der Waals surface area contributed by atoms with E-state index in [1.54, 1.807) is 12.1 Å². The molecule has 0 fully saturated rings. The fourth-order valence-corrected chi connectivity index (χ4v) is 1.99. The molecule has 1 aromatic rings. The first-order chi connectivity index (χ1) is 8.09. The molecule has 0 bridgehead atoms. The molecule has 1 heterocycles. The van der Waals surface area contributed by atoms with Gasteiger partial charge in [0, 0.05) is 6.07 Å². The molecule has 2 rings (SSSR count). The Hall–Kier alpha value is -1.68. The summed E-state index contributed by atoms with van der Waals surface area (Å²) in [6.45, 7) is 4.65. The lowest BCUT2D eigenvalue weighted by molar-refractivity contribution is -0.386. The van der Waals surface area contributed by atoms with Crippen LogP contribution in [-0.4, -0.2) is 11.5 Å². The summed E-state index contributed by atoms with van der Waals surface area (Å²) in [5.74, 6) is 0. The molecule has 0 aromatic heterocycles. The molecule has 0 radical (unpaired) electrons. The predicted octanol–water partition coefficient (Wildman–Crippen LogP) is 3.39. The number of nitrogens with zero attached hydrogens (tertiary/aromatic N) is 1. The van der Waals surface area contributed by atoms with E-state index in [0.717, 1.165) is 6.42 Å². The third-order valence-electron chi connectivity index (χ3n) is 3.20. The molecule has 17 heavy (non-hydrogen) atoms. The minimum atomic E-state index is -0.348. The van der Waals surface area contributed by atoms with Crippen molar-refractivity contribution in [3.05, 3.63) is 51.1 Å². The second-order valence-corrected chi connectivity index (χ2v) is 4.38. The third-order valence-corrected chi connectivity index (χ3v) is 3.20. The summed E-state index contributed by atoms with van der Waals surface area (Å²) in [7, 11) is 0. The van der Waals surface area contributed by atoms with E-state index in [2.05, 4.69) is 6.92 Å². The first kappa shape index (κ1) is 11.8. The maximum absolute atomic E-state index is 10.9. The number of ether oxygens (including phenoxy) is 1. The van der Waals surface area contributed by atoms with Crippen molar-refractivity contribution in [3.63, 3.8) is 0 Å². The van der Waals surface area contributed by atoms with Crippen LogP contribution < -0.4 is 0 Å². The molecule has 1 unspecified atom stereocenters. The quantitative estimate of drug-likeness (QED) is 0.447. The standard InChI is InChI=1S/C13H15NO3/c1-9-7-13(17-8-10(9)2)11-5-3-4-6-12(11)14(15)16/h3-6,13H,7-8H2,1-2H3. The number of nitro benzene ring substituents is 1. The highest BCUT2D eigenvalue weighted by atomic mass is 16.6. The van der Waals surface area contributed by atoms with Gasteiger partial charge in [-0.05, 0) is 31.9 Å². The maximum Gasteiger partial charge on any atom is 0.275 e. The van der Waals surface area contributed by atoms with Crippen LogP contribution in [0, 0.1) is 10.1 Å². The molecule has 1 aromatic carbocycles. The van der Waals surface area contributed by atoms with E-state index in [-0.39, 0.29) is 16.7 Å². The molecule has 1 atom stereocenters. The van der Waals surface area contributed by atoms with Gasteiger partial charge in [0.15, 0.2) is 0 Å². The topological polar surface area (TPSA) is 52.4 Å². The number of benzene rings is 1. The van der Waals surface area contributed by atoms with Crippen LogP contribution in [0.15, 0.2) is 35.4 Å². The van der Waals surface area contributed by atoms with Crippen molar-refractivity contribution in [2.45, 2.75) is 26.4 Å². The van der Waals surface area contributed by atoms with Gasteiger partial charge >= 0.3 is 0 Å². The van der Waals surface area contributed by atoms with Crippen LogP contribution in [0.3, 0.4) is 0 Å². The fraction of sp³-hybridized carbons (Fsp3) is 0.385. The van der Waals surface area contributed by atoms with E-state index in [4.69, 9.17) is 4.74 Å². The first-order valence-corrected chi connectivity index (χ1v) is 5.59. The minimum absolute atomic E-state index is 0.143. The number of hydrogen-bond acceptors (Lipinski definition) is 3. The SMILES string of the molecule is CC1=C(C)CC(c2ccccc2[N+](=O)[O-])OC1. The van der Waals surface area contributed by atoms with Crippen molar-refractivity contribution in [1.29, 1.82) is 0 Å². The molecule has 0 N–H and O–H groups in total. The Kier molecular flexibility index (Phi) is 3.24. The van der Waals surface area contributed by atoms with Crippen LogP contribution in [-0.2, 0) is 4.74 Å². The first-order valence-electron chi connectivity index (χ1n) is 5.59. The number of hydrogen-bond donors (Lipinski definition) is 0. The summed E-state index contributed by atoms with van der Waals surface area (Å²) in [4.78, 5) is 10.6. The molecular formula is C13H15NO3. The molecule has 0 spiro atoms. The Morgan fingerprint density at radius 2 is 2.00 bits per heavy atom. The van der Waals surface area contributed by atoms with Gasteiger partial charge < -0.3 is 4.74 Å². The second-order valence-electron chi connectivity index (χ2n) is 4.38. The van der Waals surface area contributed by atoms with Crippen molar-refractivity contribution in [1.82, 2.24) is 0 Å². The van der Waals surface area contributed by atoms with Gasteiger partial charge in [0.05, 0.1) is 23.2 Å². The summed E-state index contributed by atoms with van der Waals surface area (Å²) in [5.41, 5.74) is 3.30. The summed E-state index contributed by atoms with van der Waals surface area (Å²) in [6, 6.07) is 6.79. The monoisotopic (exact) mass is 233 g/mol. The van der Waals surface area contributed by atoms with Crippen molar-refractivity contribution in [2.24, 2.45) is 0 Å². The lowest BCUT2D eigenvalue weighted by Crippen LogP contribution is -2.14. The Labute approximate surface area is 100 Å². The molecule has 0 saturated heterocycles. The Morgan fingerprint density at radius 1 is 1.29 bits per heavy atom. The summed E-state index contributed by atoms with van der Waals surface area (Å²) >= 11 is 0. The zero-order valence-corrected chi connectivity index (χ0v) is 9.97. The van der Waals surface area contributed by atoms with E-state index < -0.39 is 0 Å². The largest absolute Gasteiger partial charge is 0.369 e. The highest BCUT2D eigenvalue weighted by molar-refractivity contribution is 5.42. The molecule has 1 aliphatic heterocycles. The van der Waals surface area contributed by atoms with Crippen LogP contribution in [0.5, 0.6) is 0 Å². The van der Waals surface area contributed by atoms with Gasteiger partial charge in [-0.25, -0.2) is 0 Å². The van der Waals surface area contributed by atoms with Gasteiger partial charge in [-0.3, -0.25) is 10.1 Å². The molecule has 90 valence electrons. The van der Waals surface area contributed by atoms with Crippen LogP contribution in [0.25, 0.3) is 0 Å². The normalized spacial score (nSPS) is 20.5. The van der Waals surface area contributed by atoms with E-state index >= 15 is 0 Å². The summed E-state index contributed by atoms with van der Waals surface area (Å²) in [5, 5.41) is 10.9. The molecule has 1 aliphatic rings. The van der Waals surface area contributed by atoms with E-state index in [1.165, 1.54) is 17.2 Å². The van der Waals surface area contributed by atoms with Crippen molar-refractivity contribution in [3.8, 4) is 0 Å². The summed E-state index contributed by atoms with van der Waals surface area (Å²) in [6.07, 6.45) is 0.539. The van der Waals surface area contributed by atoms with Crippen molar-refractivity contribution >= 4 is 5.69 Å². The summed E-state index contributed by atoms with van der Waals surface area (Å²) < 4.78 is 5.68. The average molecular weight is 233 g/mol. The van der Waals surface area contributed by atoms with Crippen molar-refractivity contribution < 1.29 is 9.66 Å². The molecule has 4 heteroatoms. The molecule has 0 aliphatic carbocycles. The van der Waals surface area contributed by atoms with Gasteiger partial charge in [-0.15, -0.1) is 0 Å². The van der Waals surface area contributed by atoms with Crippen LogP contribution in [0.1, 0.15) is 31.9 Å². The van der Waals surface area contributed by atoms with Crippen LogP contribution in [0.2, 0.25) is 0 Å². The Balaban J connectivity index is 2.33. The Bertz CT molecular complexity index is 479. The van der Waals surface area contributed by atoms with Crippen molar-refractivity contribution in [2.75, 3.05) is 6.61 Å². The zero-order valence-electron chi connectivity index (χ0n) is 9.97. The van der Waals surface area contributed by atoms with E-state index in [9.17, 15) is 10.1 Å². The van der Waals surface area contributed by atoms with E-state index in [1.807, 2.05) is 13.0 Å². The highest BCUT2D eigenvalue weighted by Crippen LogP contribution is 2.35. The van der Waals surface area contributed by atoms with Gasteiger partial charge in [-0.2, -0.15) is 0 Å². The third kappa shape index (κ3) is 2.36. The predicted molar refractivity (Wildman–Crippen MR) is 64.8 cm³/mol. The molecule has 0 saturated carbocycles. The van der Waals surface area contributed by atoms with Gasteiger partial charge in [0.1, 0.15) is 0 Å². The van der Waals surface area contributed by atoms with E-state index in [0.29, 0.717) is 12.2 Å². The highest BCUT2D eigenvalue weighted by Gasteiger charge is 2.25. The zero-order chi connectivity index (χ0) is 12.4. The van der Waals surface area contributed by atoms with Crippen LogP contribution in [0.4, 0.5) is 5.69 Å². The number of rotatable bonds is 2. The lowest BCUT2D eigenvalue weighted by Gasteiger charge is -2.25. The lowest BCUT2D eigenvalue weighted by atomic mass is 9.96. The number of nitro groups is 1. The Morgan fingerprint density at radius 3 is 2.65 bits per heavy atom. The average Bonchev–Trinajstić information content (AvgIpc) is 2.32.